The van der Waals surface area contributed by atoms with Gasteiger partial charge in [0, 0.05) is 22.9 Å². The minimum absolute atomic E-state index is 0.0774. The molecule has 0 aliphatic carbocycles. The van der Waals surface area contributed by atoms with Crippen LogP contribution in [0.15, 0.2) is 48.5 Å². The molecule has 2 heterocycles. The highest BCUT2D eigenvalue weighted by molar-refractivity contribution is 6.30. The molecule has 2 aromatic rings. The maximum atomic E-state index is 12.5. The molecular formula is C19H18ClN3O3. The molecular weight excluding hydrogens is 354 g/mol. The summed E-state index contributed by atoms with van der Waals surface area (Å²) in [6.45, 7) is 2.47. The second-order valence-corrected chi connectivity index (χ2v) is 7.22. The van der Waals surface area contributed by atoms with E-state index in [-0.39, 0.29) is 10.8 Å². The molecule has 26 heavy (non-hydrogen) atoms. The summed E-state index contributed by atoms with van der Waals surface area (Å²) in [4.78, 5) is 24.3. The molecule has 0 saturated carbocycles. The Morgan fingerprint density at radius 2 is 1.62 bits per heavy atom. The summed E-state index contributed by atoms with van der Waals surface area (Å²) in [7, 11) is 0. The highest BCUT2D eigenvalue weighted by Gasteiger charge is 2.59. The molecule has 134 valence electrons. The van der Waals surface area contributed by atoms with E-state index < -0.39 is 18.1 Å². The minimum atomic E-state index is -0.942. The summed E-state index contributed by atoms with van der Waals surface area (Å²) >= 11 is 5.97. The smallest absolute Gasteiger partial charge is 0.259 e. The first-order valence-electron chi connectivity index (χ1n) is 8.51. The average Bonchev–Trinajstić information content (AvgIpc) is 3.15. The SMILES string of the molecule is Cc1ccc([C@@H]2[C@@H]([N+](=O)[O-])[C@H](c3ccc(Cl)cc3)N3C(=O)CCN23)cc1. The van der Waals surface area contributed by atoms with Gasteiger partial charge in [-0.05, 0) is 30.2 Å². The van der Waals surface area contributed by atoms with Crippen molar-refractivity contribution in [2.24, 2.45) is 0 Å². The first-order valence-corrected chi connectivity index (χ1v) is 8.89. The third-order valence-corrected chi connectivity index (χ3v) is 5.44. The van der Waals surface area contributed by atoms with Crippen molar-refractivity contribution < 1.29 is 9.72 Å². The van der Waals surface area contributed by atoms with Gasteiger partial charge in [-0.3, -0.25) is 19.9 Å². The van der Waals surface area contributed by atoms with Gasteiger partial charge in [-0.25, -0.2) is 5.01 Å². The molecule has 0 unspecified atom stereocenters. The molecule has 2 aliphatic heterocycles. The quantitative estimate of drug-likeness (QED) is 0.611. The molecule has 2 fully saturated rings. The number of rotatable bonds is 3. The molecule has 3 atom stereocenters. The van der Waals surface area contributed by atoms with Gasteiger partial charge in [0.2, 0.25) is 5.91 Å². The number of carbonyl (C=O) groups excluding carboxylic acids is 1. The Kier molecular flexibility index (Phi) is 4.17. The van der Waals surface area contributed by atoms with Crippen LogP contribution in [0.5, 0.6) is 0 Å². The lowest BCUT2D eigenvalue weighted by atomic mass is 9.91. The van der Waals surface area contributed by atoms with E-state index >= 15 is 0 Å². The number of nitro groups is 1. The van der Waals surface area contributed by atoms with Crippen molar-refractivity contribution >= 4 is 17.5 Å². The molecule has 0 bridgehead atoms. The predicted octanol–water partition coefficient (Wildman–Crippen LogP) is 3.54. The largest absolute Gasteiger partial charge is 0.273 e. The zero-order valence-electron chi connectivity index (χ0n) is 14.2. The molecule has 1 amide bonds. The number of benzene rings is 2. The van der Waals surface area contributed by atoms with E-state index in [1.807, 2.05) is 36.2 Å². The zero-order valence-corrected chi connectivity index (χ0v) is 15.0. The van der Waals surface area contributed by atoms with Crippen LogP contribution in [0, 0.1) is 17.0 Å². The van der Waals surface area contributed by atoms with Crippen molar-refractivity contribution in [3.8, 4) is 0 Å². The van der Waals surface area contributed by atoms with Crippen LogP contribution < -0.4 is 0 Å². The Labute approximate surface area is 156 Å². The molecule has 6 nitrogen and oxygen atoms in total. The van der Waals surface area contributed by atoms with Crippen LogP contribution >= 0.6 is 11.6 Å². The Morgan fingerprint density at radius 1 is 1.04 bits per heavy atom. The van der Waals surface area contributed by atoms with E-state index in [0.717, 1.165) is 16.7 Å². The maximum absolute atomic E-state index is 12.5. The van der Waals surface area contributed by atoms with E-state index in [4.69, 9.17) is 11.6 Å². The summed E-state index contributed by atoms with van der Waals surface area (Å²) in [6, 6.07) is 12.6. The third-order valence-electron chi connectivity index (χ3n) is 5.19. The van der Waals surface area contributed by atoms with Crippen molar-refractivity contribution in [2.45, 2.75) is 31.5 Å². The molecule has 2 saturated heterocycles. The Balaban J connectivity index is 1.84. The van der Waals surface area contributed by atoms with E-state index in [1.54, 1.807) is 29.3 Å². The molecule has 0 aromatic heterocycles. The molecule has 0 spiro atoms. The van der Waals surface area contributed by atoms with Gasteiger partial charge in [-0.1, -0.05) is 53.6 Å². The predicted molar refractivity (Wildman–Crippen MR) is 97.1 cm³/mol. The van der Waals surface area contributed by atoms with Gasteiger partial charge in [0.15, 0.2) is 0 Å². The minimum Gasteiger partial charge on any atom is -0.273 e. The van der Waals surface area contributed by atoms with E-state index in [1.165, 1.54) is 0 Å². The van der Waals surface area contributed by atoms with Crippen LogP contribution in [-0.2, 0) is 4.79 Å². The molecule has 2 aliphatic rings. The Bertz CT molecular complexity index is 853. The second-order valence-electron chi connectivity index (χ2n) is 6.78. The molecule has 0 radical (unpaired) electrons. The fourth-order valence-corrected chi connectivity index (χ4v) is 4.15. The van der Waals surface area contributed by atoms with Crippen LogP contribution in [0.4, 0.5) is 0 Å². The lowest BCUT2D eigenvalue weighted by molar-refractivity contribution is -0.530. The van der Waals surface area contributed by atoms with Crippen molar-refractivity contribution in [1.82, 2.24) is 10.0 Å². The van der Waals surface area contributed by atoms with Gasteiger partial charge in [-0.15, -0.1) is 0 Å². The van der Waals surface area contributed by atoms with Crippen molar-refractivity contribution in [1.29, 1.82) is 0 Å². The molecule has 0 N–H and O–H groups in total. The molecule has 2 aromatic carbocycles. The number of amides is 1. The van der Waals surface area contributed by atoms with Crippen LogP contribution in [0.2, 0.25) is 5.02 Å². The summed E-state index contributed by atoms with van der Waals surface area (Å²) in [6.07, 6.45) is 0.372. The topological polar surface area (TPSA) is 66.7 Å². The van der Waals surface area contributed by atoms with Gasteiger partial charge in [0.05, 0.1) is 0 Å². The van der Waals surface area contributed by atoms with E-state index in [2.05, 4.69) is 0 Å². The number of halogens is 1. The highest BCUT2D eigenvalue weighted by Crippen LogP contribution is 2.48. The Morgan fingerprint density at radius 3 is 2.23 bits per heavy atom. The van der Waals surface area contributed by atoms with Crippen molar-refractivity contribution in [3.63, 3.8) is 0 Å². The summed E-state index contributed by atoms with van der Waals surface area (Å²) < 4.78 is 0. The van der Waals surface area contributed by atoms with Crippen LogP contribution in [0.25, 0.3) is 0 Å². The van der Waals surface area contributed by atoms with Gasteiger partial charge in [0.25, 0.3) is 6.04 Å². The zero-order chi connectivity index (χ0) is 18.4. The lowest BCUT2D eigenvalue weighted by Gasteiger charge is -2.26. The monoisotopic (exact) mass is 371 g/mol. The standard InChI is InChI=1S/C19H18ClN3O3/c1-12-2-4-13(5-3-12)17-19(23(25)26)18(14-6-8-15(20)9-7-14)22-16(24)10-11-21(17)22/h2-9,17-19H,10-11H2,1H3/t17-,18+,19-/m1/s1. The van der Waals surface area contributed by atoms with E-state index in [9.17, 15) is 14.9 Å². The van der Waals surface area contributed by atoms with Gasteiger partial charge in [0.1, 0.15) is 12.1 Å². The number of hydrogen-bond donors (Lipinski definition) is 0. The lowest BCUT2D eigenvalue weighted by Crippen LogP contribution is -2.35. The van der Waals surface area contributed by atoms with Gasteiger partial charge in [-0.2, -0.15) is 0 Å². The second kappa shape index (κ2) is 6.37. The first kappa shape index (κ1) is 17.0. The summed E-state index contributed by atoms with van der Waals surface area (Å²) in [5.74, 6) is -0.0774. The Hall–Kier alpha value is -2.44. The number of hydrogen-bond acceptors (Lipinski definition) is 4. The number of carbonyl (C=O) groups is 1. The van der Waals surface area contributed by atoms with Crippen LogP contribution in [-0.4, -0.2) is 33.4 Å². The van der Waals surface area contributed by atoms with Gasteiger partial charge < -0.3 is 0 Å². The molecule has 4 rings (SSSR count). The number of fused-ring (bicyclic) bond motifs is 1. The first-order chi connectivity index (χ1) is 12.5. The number of hydrazine groups is 1. The fraction of sp³-hybridized carbons (Fsp3) is 0.316. The number of aryl methyl sites for hydroxylation is 1. The van der Waals surface area contributed by atoms with Crippen molar-refractivity contribution in [3.05, 3.63) is 80.4 Å². The fourth-order valence-electron chi connectivity index (χ4n) is 4.02. The average molecular weight is 372 g/mol. The van der Waals surface area contributed by atoms with Crippen LogP contribution in [0.1, 0.15) is 35.2 Å². The van der Waals surface area contributed by atoms with Crippen molar-refractivity contribution in [2.75, 3.05) is 6.54 Å². The summed E-state index contributed by atoms with van der Waals surface area (Å²) in [5, 5.41) is 16.1. The van der Waals surface area contributed by atoms with Crippen LogP contribution in [0.3, 0.4) is 0 Å². The highest BCUT2D eigenvalue weighted by atomic mass is 35.5. The third kappa shape index (κ3) is 2.66. The number of nitrogens with zero attached hydrogens (tertiary/aromatic N) is 3. The maximum Gasteiger partial charge on any atom is 0.259 e. The molecule has 7 heteroatoms. The van der Waals surface area contributed by atoms with E-state index in [0.29, 0.717) is 18.0 Å². The normalized spacial score (nSPS) is 25.5. The summed E-state index contributed by atoms with van der Waals surface area (Å²) in [5.41, 5.74) is 2.67. The van der Waals surface area contributed by atoms with Gasteiger partial charge >= 0.3 is 0 Å².